The van der Waals surface area contributed by atoms with Gasteiger partial charge in [-0.15, -0.1) is 0 Å². The molecule has 0 spiro atoms. The van der Waals surface area contributed by atoms with Crippen molar-refractivity contribution in [3.8, 4) is 5.75 Å². The number of alkyl halides is 6. The normalized spacial score (nSPS) is 16.1. The van der Waals surface area contributed by atoms with Crippen LogP contribution in [0, 0.1) is 0 Å². The topological polar surface area (TPSA) is 82.1 Å². The molecule has 0 bridgehead atoms. The number of halogens is 6. The van der Waals surface area contributed by atoms with Gasteiger partial charge in [-0.05, 0) is 80.6 Å². The Morgan fingerprint density at radius 1 is 0.774 bits per heavy atom. The van der Waals surface area contributed by atoms with Gasteiger partial charge in [0.2, 0.25) is 5.91 Å². The van der Waals surface area contributed by atoms with Crippen LogP contribution in [0.3, 0.4) is 0 Å². The average molecular weight is 742 g/mol. The van der Waals surface area contributed by atoms with Crippen molar-refractivity contribution >= 4 is 23.5 Å². The minimum absolute atomic E-state index is 0.0208. The van der Waals surface area contributed by atoms with Gasteiger partial charge < -0.3 is 19.1 Å². The molecule has 53 heavy (non-hydrogen) atoms. The number of carbonyl (C=O) groups is 3. The SMILES string of the molecule is CCOC(=O)c1cccc(O[C@H]2CCc3cc(C(OC(=O)[C@@H](C)c4ccccc4)(C(F)(F)F)C(F)(F)F)ccc3N(C(=O)[C@@H](C)c3ccccc3)C2)c1. The fraction of sp³-hybridized carbons (Fsp3) is 0.325. The van der Waals surface area contributed by atoms with Crippen molar-refractivity contribution in [2.24, 2.45) is 0 Å². The number of hydrogen-bond donors (Lipinski definition) is 0. The molecule has 0 saturated heterocycles. The Morgan fingerprint density at radius 3 is 1.96 bits per heavy atom. The first-order chi connectivity index (χ1) is 25.1. The van der Waals surface area contributed by atoms with Gasteiger partial charge in [0, 0.05) is 11.3 Å². The minimum Gasteiger partial charge on any atom is -0.489 e. The summed E-state index contributed by atoms with van der Waals surface area (Å²) >= 11 is 0. The summed E-state index contributed by atoms with van der Waals surface area (Å²) in [7, 11) is 0. The zero-order chi connectivity index (χ0) is 38.6. The first kappa shape index (κ1) is 38.9. The van der Waals surface area contributed by atoms with Gasteiger partial charge >= 0.3 is 29.9 Å². The average Bonchev–Trinajstić information content (AvgIpc) is 3.31. The molecule has 3 atom stereocenters. The molecule has 1 aliphatic heterocycles. The number of anilines is 1. The van der Waals surface area contributed by atoms with Gasteiger partial charge in [0.15, 0.2) is 0 Å². The van der Waals surface area contributed by atoms with E-state index < -0.39 is 59.3 Å². The van der Waals surface area contributed by atoms with Crippen molar-refractivity contribution < 1.29 is 54.9 Å². The predicted molar refractivity (Wildman–Crippen MR) is 184 cm³/mol. The summed E-state index contributed by atoms with van der Waals surface area (Å²) < 4.78 is 105. The highest BCUT2D eigenvalue weighted by atomic mass is 19.4. The van der Waals surface area contributed by atoms with E-state index in [9.17, 15) is 40.7 Å². The standard InChI is InChI=1S/C40H37F6NO6/c1-4-51-37(50)30-16-11-17-32(23-30)52-33-20-18-29-22-31(19-21-34(29)47(24-33)35(48)25(2)27-12-7-5-8-13-27)38(39(41,42)43,40(44,45)46)53-36(49)26(3)28-14-9-6-10-15-28/h5-17,19,21-23,25-26,33H,4,18,20,24H2,1-3H3/t25-,26-,33-/m0/s1. The maximum absolute atomic E-state index is 14.9. The van der Waals surface area contributed by atoms with E-state index in [4.69, 9.17) is 9.47 Å². The first-order valence-corrected chi connectivity index (χ1v) is 16.9. The van der Waals surface area contributed by atoms with Crippen molar-refractivity contribution in [2.75, 3.05) is 18.1 Å². The van der Waals surface area contributed by atoms with E-state index in [1.165, 1.54) is 41.3 Å². The molecule has 0 fully saturated rings. The van der Waals surface area contributed by atoms with E-state index in [0.29, 0.717) is 17.7 Å². The summed E-state index contributed by atoms with van der Waals surface area (Å²) in [4.78, 5) is 40.9. The van der Waals surface area contributed by atoms with Gasteiger partial charge in [-0.25, -0.2) is 4.79 Å². The largest absolute Gasteiger partial charge is 0.489 e. The van der Waals surface area contributed by atoms with Crippen molar-refractivity contribution in [2.45, 2.75) is 69.5 Å². The number of esters is 2. The van der Waals surface area contributed by atoms with Crippen LogP contribution in [0.25, 0.3) is 0 Å². The zero-order valence-corrected chi connectivity index (χ0v) is 29.0. The van der Waals surface area contributed by atoms with Crippen LogP contribution >= 0.6 is 0 Å². The van der Waals surface area contributed by atoms with Crippen LogP contribution in [0.5, 0.6) is 5.75 Å². The van der Waals surface area contributed by atoms with Crippen LogP contribution in [0.15, 0.2) is 103 Å². The van der Waals surface area contributed by atoms with E-state index >= 15 is 0 Å². The second kappa shape index (κ2) is 15.7. The van der Waals surface area contributed by atoms with Crippen LogP contribution in [-0.4, -0.2) is 49.5 Å². The molecule has 0 aromatic heterocycles. The summed E-state index contributed by atoms with van der Waals surface area (Å²) in [6.45, 7) is 4.46. The number of carbonyl (C=O) groups excluding carboxylic acids is 3. The number of rotatable bonds is 10. The molecule has 4 aromatic carbocycles. The summed E-state index contributed by atoms with van der Waals surface area (Å²) in [5.74, 6) is -4.80. The smallest absolute Gasteiger partial charge is 0.442 e. The molecule has 0 aliphatic carbocycles. The predicted octanol–water partition coefficient (Wildman–Crippen LogP) is 9.06. The Hall–Kier alpha value is -5.33. The number of benzene rings is 4. The Morgan fingerprint density at radius 2 is 1.38 bits per heavy atom. The number of amides is 1. The second-order valence-electron chi connectivity index (χ2n) is 12.7. The molecular weight excluding hydrogens is 704 g/mol. The van der Waals surface area contributed by atoms with Gasteiger partial charge in [-0.1, -0.05) is 72.8 Å². The molecule has 0 saturated carbocycles. The van der Waals surface area contributed by atoms with Crippen LogP contribution < -0.4 is 9.64 Å². The molecule has 13 heteroatoms. The zero-order valence-electron chi connectivity index (χ0n) is 29.0. The fourth-order valence-electron chi connectivity index (χ4n) is 6.28. The van der Waals surface area contributed by atoms with Crippen LogP contribution in [0.1, 0.15) is 71.6 Å². The number of aryl methyl sites for hydroxylation is 1. The lowest BCUT2D eigenvalue weighted by molar-refractivity contribution is -0.378. The third kappa shape index (κ3) is 8.18. The van der Waals surface area contributed by atoms with Crippen molar-refractivity contribution in [3.63, 3.8) is 0 Å². The number of ether oxygens (including phenoxy) is 3. The molecule has 7 nitrogen and oxygen atoms in total. The van der Waals surface area contributed by atoms with Gasteiger partial charge in [-0.2, -0.15) is 26.3 Å². The third-order valence-corrected chi connectivity index (χ3v) is 9.19. The van der Waals surface area contributed by atoms with Gasteiger partial charge in [0.25, 0.3) is 0 Å². The summed E-state index contributed by atoms with van der Waals surface area (Å²) in [6, 6.07) is 24.5. The highest BCUT2D eigenvalue weighted by Gasteiger charge is 2.75. The highest BCUT2D eigenvalue weighted by Crippen LogP contribution is 2.54. The summed E-state index contributed by atoms with van der Waals surface area (Å²) in [6.07, 6.45) is -13.1. The van der Waals surface area contributed by atoms with E-state index in [-0.39, 0.29) is 54.1 Å². The number of hydrogen-bond acceptors (Lipinski definition) is 6. The van der Waals surface area contributed by atoms with E-state index in [2.05, 4.69) is 4.74 Å². The molecule has 1 amide bonds. The molecule has 0 radical (unpaired) electrons. The van der Waals surface area contributed by atoms with Gasteiger partial charge in [0.1, 0.15) is 11.9 Å². The third-order valence-electron chi connectivity index (χ3n) is 9.19. The molecule has 1 aliphatic rings. The van der Waals surface area contributed by atoms with Crippen molar-refractivity contribution in [1.82, 2.24) is 0 Å². The van der Waals surface area contributed by atoms with Gasteiger partial charge in [0.05, 0.1) is 30.6 Å². The lowest BCUT2D eigenvalue weighted by Crippen LogP contribution is -2.57. The van der Waals surface area contributed by atoms with Crippen molar-refractivity contribution in [3.05, 3.63) is 131 Å². The van der Waals surface area contributed by atoms with Crippen LogP contribution in [0.4, 0.5) is 32.0 Å². The van der Waals surface area contributed by atoms with Crippen LogP contribution in [-0.2, 0) is 31.1 Å². The molecule has 280 valence electrons. The molecular formula is C40H37F6NO6. The first-order valence-electron chi connectivity index (χ1n) is 16.9. The molecule has 4 aromatic rings. The Kier molecular flexibility index (Phi) is 11.5. The number of fused-ring (bicyclic) bond motifs is 1. The Balaban J connectivity index is 1.58. The summed E-state index contributed by atoms with van der Waals surface area (Å²) in [5, 5.41) is 0. The Bertz CT molecular complexity index is 1900. The molecule has 1 heterocycles. The number of nitrogens with zero attached hydrogens (tertiary/aromatic N) is 1. The monoisotopic (exact) mass is 741 g/mol. The quantitative estimate of drug-likeness (QED) is 0.119. The van der Waals surface area contributed by atoms with E-state index in [1.54, 1.807) is 62.4 Å². The van der Waals surface area contributed by atoms with E-state index in [1.807, 2.05) is 0 Å². The maximum Gasteiger partial charge on any atom is 0.442 e. The van der Waals surface area contributed by atoms with Gasteiger partial charge in [-0.3, -0.25) is 9.59 Å². The fourth-order valence-corrected chi connectivity index (χ4v) is 6.28. The molecule has 5 rings (SSSR count). The summed E-state index contributed by atoms with van der Waals surface area (Å²) in [5.41, 5.74) is -5.34. The Labute approximate surface area is 302 Å². The maximum atomic E-state index is 14.9. The minimum atomic E-state index is -6.14. The van der Waals surface area contributed by atoms with E-state index in [0.717, 1.165) is 13.0 Å². The molecule has 0 N–H and O–H groups in total. The lowest BCUT2D eigenvalue weighted by Gasteiger charge is -2.38. The van der Waals surface area contributed by atoms with Crippen molar-refractivity contribution in [1.29, 1.82) is 0 Å². The highest BCUT2D eigenvalue weighted by molar-refractivity contribution is 5.99. The molecule has 0 unspecified atom stereocenters. The van der Waals surface area contributed by atoms with Crippen LogP contribution in [0.2, 0.25) is 0 Å². The second-order valence-corrected chi connectivity index (χ2v) is 12.7. The lowest BCUT2D eigenvalue weighted by atomic mass is 9.88.